The van der Waals surface area contributed by atoms with Gasteiger partial charge in [0.2, 0.25) is 0 Å². The summed E-state index contributed by atoms with van der Waals surface area (Å²) in [6.07, 6.45) is 2.15. The third-order valence-electron chi connectivity index (χ3n) is 1.74. The number of hydrogen-bond acceptors (Lipinski definition) is 2. The SMILES string of the molecule is CCC(CC)COC(=O)CBr. The lowest BCUT2D eigenvalue weighted by atomic mass is 10.1. The zero-order chi connectivity index (χ0) is 8.69. The summed E-state index contributed by atoms with van der Waals surface area (Å²) in [4.78, 5) is 10.7. The highest BCUT2D eigenvalue weighted by Crippen LogP contribution is 2.07. The molecule has 0 aliphatic rings. The smallest absolute Gasteiger partial charge is 0.316 e. The Hall–Kier alpha value is -0.0500. The van der Waals surface area contributed by atoms with E-state index < -0.39 is 0 Å². The van der Waals surface area contributed by atoms with Gasteiger partial charge in [-0.15, -0.1) is 0 Å². The molecule has 11 heavy (non-hydrogen) atoms. The van der Waals surface area contributed by atoms with E-state index in [2.05, 4.69) is 29.8 Å². The molecular weight excluding hydrogens is 208 g/mol. The van der Waals surface area contributed by atoms with E-state index in [9.17, 15) is 4.79 Å². The molecule has 0 aliphatic heterocycles. The van der Waals surface area contributed by atoms with Gasteiger partial charge in [-0.25, -0.2) is 0 Å². The van der Waals surface area contributed by atoms with Gasteiger partial charge in [0.05, 0.1) is 6.61 Å². The Morgan fingerprint density at radius 3 is 2.36 bits per heavy atom. The van der Waals surface area contributed by atoms with Crippen LogP contribution in [0.25, 0.3) is 0 Å². The van der Waals surface area contributed by atoms with Gasteiger partial charge in [0, 0.05) is 0 Å². The molecule has 0 heterocycles. The summed E-state index contributed by atoms with van der Waals surface area (Å²) >= 11 is 3.03. The minimum atomic E-state index is -0.170. The van der Waals surface area contributed by atoms with Crippen molar-refractivity contribution in [1.29, 1.82) is 0 Å². The van der Waals surface area contributed by atoms with Crippen molar-refractivity contribution in [3.63, 3.8) is 0 Å². The van der Waals surface area contributed by atoms with Gasteiger partial charge >= 0.3 is 5.97 Å². The minimum Gasteiger partial charge on any atom is -0.465 e. The molecule has 0 atom stereocenters. The van der Waals surface area contributed by atoms with E-state index >= 15 is 0 Å². The maximum absolute atomic E-state index is 10.7. The molecule has 0 saturated carbocycles. The largest absolute Gasteiger partial charge is 0.465 e. The van der Waals surface area contributed by atoms with Crippen molar-refractivity contribution in [3.05, 3.63) is 0 Å². The van der Waals surface area contributed by atoms with Gasteiger partial charge in [0.15, 0.2) is 0 Å². The lowest BCUT2D eigenvalue weighted by Crippen LogP contribution is -2.13. The molecule has 0 amide bonds. The molecule has 2 nitrogen and oxygen atoms in total. The number of carbonyl (C=O) groups excluding carboxylic acids is 1. The predicted octanol–water partition coefficient (Wildman–Crippen LogP) is 2.36. The summed E-state index contributed by atoms with van der Waals surface area (Å²) < 4.78 is 4.95. The Morgan fingerprint density at radius 2 is 2.00 bits per heavy atom. The third-order valence-corrected chi connectivity index (χ3v) is 2.20. The average molecular weight is 223 g/mol. The molecular formula is C8H15BrO2. The summed E-state index contributed by atoms with van der Waals surface area (Å²) in [5.74, 6) is 0.356. The van der Waals surface area contributed by atoms with Crippen LogP contribution in [-0.2, 0) is 9.53 Å². The summed E-state index contributed by atoms with van der Waals surface area (Å²) in [5.41, 5.74) is 0. The third kappa shape index (κ3) is 5.24. The number of halogens is 1. The molecule has 0 N–H and O–H groups in total. The Labute approximate surface area is 76.4 Å². The number of esters is 1. The van der Waals surface area contributed by atoms with Gasteiger partial charge < -0.3 is 4.74 Å². The molecule has 0 saturated heterocycles. The van der Waals surface area contributed by atoms with Crippen LogP contribution in [-0.4, -0.2) is 17.9 Å². The second-order valence-corrected chi connectivity index (χ2v) is 3.06. The van der Waals surface area contributed by atoms with Gasteiger partial charge in [0.1, 0.15) is 5.33 Å². The zero-order valence-corrected chi connectivity index (χ0v) is 8.69. The molecule has 0 unspecified atom stereocenters. The normalized spacial score (nSPS) is 10.2. The van der Waals surface area contributed by atoms with Crippen LogP contribution in [0.3, 0.4) is 0 Å². The van der Waals surface area contributed by atoms with E-state index in [4.69, 9.17) is 4.74 Å². The van der Waals surface area contributed by atoms with Gasteiger partial charge in [-0.3, -0.25) is 4.79 Å². The molecule has 0 aromatic carbocycles. The summed E-state index contributed by atoms with van der Waals surface area (Å²) in [7, 11) is 0. The van der Waals surface area contributed by atoms with Crippen LogP contribution in [0.5, 0.6) is 0 Å². The summed E-state index contributed by atoms with van der Waals surface area (Å²) in [6.45, 7) is 4.78. The zero-order valence-electron chi connectivity index (χ0n) is 7.10. The second kappa shape index (κ2) is 6.65. The van der Waals surface area contributed by atoms with Gasteiger partial charge in [-0.2, -0.15) is 0 Å². The highest BCUT2D eigenvalue weighted by Gasteiger charge is 2.06. The summed E-state index contributed by atoms with van der Waals surface area (Å²) in [5, 5.41) is 0.299. The van der Waals surface area contributed by atoms with Crippen molar-refractivity contribution in [3.8, 4) is 0 Å². The van der Waals surface area contributed by atoms with Gasteiger partial charge in [-0.05, 0) is 5.92 Å². The maximum atomic E-state index is 10.7. The van der Waals surface area contributed by atoms with Gasteiger partial charge in [-0.1, -0.05) is 42.6 Å². The predicted molar refractivity (Wildman–Crippen MR) is 48.8 cm³/mol. The lowest BCUT2D eigenvalue weighted by Gasteiger charge is -2.11. The van der Waals surface area contributed by atoms with Crippen LogP contribution in [0.1, 0.15) is 26.7 Å². The molecule has 0 radical (unpaired) electrons. The van der Waals surface area contributed by atoms with Crippen LogP contribution in [0.2, 0.25) is 0 Å². The topological polar surface area (TPSA) is 26.3 Å². The van der Waals surface area contributed by atoms with Crippen LogP contribution in [0.4, 0.5) is 0 Å². The van der Waals surface area contributed by atoms with Crippen LogP contribution < -0.4 is 0 Å². The average Bonchev–Trinajstić information content (AvgIpc) is 2.06. The molecule has 3 heteroatoms. The van der Waals surface area contributed by atoms with Crippen LogP contribution >= 0.6 is 15.9 Å². The van der Waals surface area contributed by atoms with E-state index in [0.29, 0.717) is 17.9 Å². The first-order chi connectivity index (χ1) is 5.24. The number of rotatable bonds is 5. The fraction of sp³-hybridized carbons (Fsp3) is 0.875. The van der Waals surface area contributed by atoms with E-state index in [0.717, 1.165) is 12.8 Å². The lowest BCUT2D eigenvalue weighted by molar-refractivity contribution is -0.141. The van der Waals surface area contributed by atoms with Crippen molar-refractivity contribution < 1.29 is 9.53 Å². The molecule has 0 aromatic rings. The number of hydrogen-bond donors (Lipinski definition) is 0. The Balaban J connectivity index is 3.42. The number of alkyl halides is 1. The van der Waals surface area contributed by atoms with E-state index in [-0.39, 0.29) is 5.97 Å². The van der Waals surface area contributed by atoms with Crippen molar-refractivity contribution in [1.82, 2.24) is 0 Å². The standard InChI is InChI=1S/C8H15BrO2/c1-3-7(4-2)6-11-8(10)5-9/h7H,3-6H2,1-2H3. The quantitative estimate of drug-likeness (QED) is 0.528. The number of ether oxygens (including phenoxy) is 1. The summed E-state index contributed by atoms with van der Waals surface area (Å²) in [6, 6.07) is 0. The fourth-order valence-corrected chi connectivity index (χ4v) is 0.936. The molecule has 0 fully saturated rings. The van der Waals surface area contributed by atoms with Gasteiger partial charge in [0.25, 0.3) is 0 Å². The van der Waals surface area contributed by atoms with Crippen LogP contribution in [0, 0.1) is 5.92 Å². The van der Waals surface area contributed by atoms with Crippen molar-refractivity contribution >= 4 is 21.9 Å². The van der Waals surface area contributed by atoms with Crippen LogP contribution in [0.15, 0.2) is 0 Å². The van der Waals surface area contributed by atoms with E-state index in [1.165, 1.54) is 0 Å². The Bertz CT molecular complexity index is 111. The first kappa shape index (κ1) is 11.0. The highest BCUT2D eigenvalue weighted by atomic mass is 79.9. The fourth-order valence-electron chi connectivity index (χ4n) is 0.774. The van der Waals surface area contributed by atoms with Crippen molar-refractivity contribution in [2.75, 3.05) is 11.9 Å². The molecule has 66 valence electrons. The molecule has 0 aliphatic carbocycles. The molecule has 0 bridgehead atoms. The molecule has 0 spiro atoms. The highest BCUT2D eigenvalue weighted by molar-refractivity contribution is 9.09. The van der Waals surface area contributed by atoms with Crippen molar-refractivity contribution in [2.24, 2.45) is 5.92 Å². The minimum absolute atomic E-state index is 0.170. The molecule has 0 aromatic heterocycles. The first-order valence-electron chi connectivity index (χ1n) is 3.96. The monoisotopic (exact) mass is 222 g/mol. The first-order valence-corrected chi connectivity index (χ1v) is 5.08. The Morgan fingerprint density at radius 1 is 1.45 bits per heavy atom. The molecule has 0 rings (SSSR count). The van der Waals surface area contributed by atoms with E-state index in [1.807, 2.05) is 0 Å². The van der Waals surface area contributed by atoms with E-state index in [1.54, 1.807) is 0 Å². The number of carbonyl (C=O) groups is 1. The second-order valence-electron chi connectivity index (χ2n) is 2.50. The Kier molecular flexibility index (Phi) is 6.62. The maximum Gasteiger partial charge on any atom is 0.316 e. The van der Waals surface area contributed by atoms with Crippen molar-refractivity contribution in [2.45, 2.75) is 26.7 Å².